The molecule has 1 unspecified atom stereocenters. The maximum atomic E-state index is 12.6. The summed E-state index contributed by atoms with van der Waals surface area (Å²) in [5.41, 5.74) is 2.31. The zero-order valence-electron chi connectivity index (χ0n) is 16.4. The lowest BCUT2D eigenvalue weighted by atomic mass is 10.1. The second kappa shape index (κ2) is 8.99. The summed E-state index contributed by atoms with van der Waals surface area (Å²) in [6.45, 7) is 8.36. The Morgan fingerprint density at radius 3 is 2.78 bits per heavy atom. The summed E-state index contributed by atoms with van der Waals surface area (Å²) < 4.78 is 7.95. The third-order valence-electron chi connectivity index (χ3n) is 5.13. The van der Waals surface area contributed by atoms with Crippen LogP contribution in [0.5, 0.6) is 5.75 Å². The van der Waals surface area contributed by atoms with Gasteiger partial charge in [0.1, 0.15) is 11.9 Å². The van der Waals surface area contributed by atoms with Gasteiger partial charge in [-0.3, -0.25) is 4.79 Å². The minimum atomic E-state index is -0.195. The zero-order valence-corrected chi connectivity index (χ0v) is 16.4. The van der Waals surface area contributed by atoms with Crippen molar-refractivity contribution in [3.8, 4) is 5.75 Å². The van der Waals surface area contributed by atoms with E-state index in [1.165, 1.54) is 0 Å². The first-order chi connectivity index (χ1) is 13.1. The monoisotopic (exact) mass is 371 g/mol. The number of rotatable bonds is 7. The average Bonchev–Trinajstić information content (AvgIpc) is 3.08. The van der Waals surface area contributed by atoms with Crippen LogP contribution in [0.25, 0.3) is 0 Å². The average molecular weight is 371 g/mol. The third-order valence-corrected chi connectivity index (χ3v) is 5.13. The lowest BCUT2D eigenvalue weighted by Gasteiger charge is -2.23. The van der Waals surface area contributed by atoms with E-state index in [0.717, 1.165) is 49.4 Å². The van der Waals surface area contributed by atoms with Crippen LogP contribution in [0.1, 0.15) is 54.0 Å². The minimum absolute atomic E-state index is 0.0881. The van der Waals surface area contributed by atoms with E-state index in [1.807, 2.05) is 49.7 Å². The molecular formula is C20H29N5O2. The highest BCUT2D eigenvalue weighted by molar-refractivity contribution is 5.93. The highest BCUT2D eigenvalue weighted by Crippen LogP contribution is 2.21. The van der Waals surface area contributed by atoms with Gasteiger partial charge in [-0.25, -0.2) is 4.68 Å². The number of aryl methyl sites for hydroxylation is 1. The number of hydrogen-bond acceptors (Lipinski definition) is 5. The van der Waals surface area contributed by atoms with Crippen molar-refractivity contribution in [2.75, 3.05) is 19.6 Å². The Hall–Kier alpha value is -2.41. The van der Waals surface area contributed by atoms with Gasteiger partial charge < -0.3 is 15.4 Å². The predicted molar refractivity (Wildman–Crippen MR) is 104 cm³/mol. The lowest BCUT2D eigenvalue weighted by molar-refractivity contribution is 0.0920. The molecule has 2 heterocycles. The van der Waals surface area contributed by atoms with Crippen molar-refractivity contribution in [2.45, 2.75) is 52.2 Å². The highest BCUT2D eigenvalue weighted by Gasteiger charge is 2.23. The number of hydrogen-bond donors (Lipinski definition) is 2. The summed E-state index contributed by atoms with van der Waals surface area (Å²) in [5.74, 6) is 0.658. The summed E-state index contributed by atoms with van der Waals surface area (Å²) >= 11 is 0. The molecule has 1 saturated heterocycles. The Labute approximate surface area is 160 Å². The van der Waals surface area contributed by atoms with Crippen molar-refractivity contribution in [3.63, 3.8) is 0 Å². The fraction of sp³-hybridized carbons (Fsp3) is 0.550. The van der Waals surface area contributed by atoms with Crippen LogP contribution in [-0.2, 0) is 0 Å². The van der Waals surface area contributed by atoms with Crippen LogP contribution < -0.4 is 15.4 Å². The van der Waals surface area contributed by atoms with Crippen LogP contribution in [-0.4, -0.2) is 46.6 Å². The SMILES string of the molecule is CCC(CNC(=O)c1nnn(C2CCNCC2)c1C)Oc1ccccc1C. The number of carbonyl (C=O) groups is 1. The van der Waals surface area contributed by atoms with Gasteiger partial charge in [0.05, 0.1) is 18.3 Å². The number of para-hydroxylation sites is 1. The zero-order chi connectivity index (χ0) is 19.2. The van der Waals surface area contributed by atoms with Crippen LogP contribution in [0.2, 0.25) is 0 Å². The Balaban J connectivity index is 1.59. The van der Waals surface area contributed by atoms with Gasteiger partial charge in [-0.1, -0.05) is 30.3 Å². The maximum Gasteiger partial charge on any atom is 0.273 e. The number of benzene rings is 1. The molecule has 27 heavy (non-hydrogen) atoms. The van der Waals surface area contributed by atoms with Crippen molar-refractivity contribution in [1.29, 1.82) is 0 Å². The molecule has 0 bridgehead atoms. The van der Waals surface area contributed by atoms with Crippen LogP contribution in [0.4, 0.5) is 0 Å². The largest absolute Gasteiger partial charge is 0.488 e. The molecule has 1 amide bonds. The van der Waals surface area contributed by atoms with Crippen LogP contribution in [0.3, 0.4) is 0 Å². The van der Waals surface area contributed by atoms with Crippen LogP contribution in [0.15, 0.2) is 24.3 Å². The van der Waals surface area contributed by atoms with Crippen molar-refractivity contribution < 1.29 is 9.53 Å². The molecule has 0 saturated carbocycles. The van der Waals surface area contributed by atoms with Gasteiger partial charge in [0, 0.05) is 0 Å². The fourth-order valence-electron chi connectivity index (χ4n) is 3.38. The van der Waals surface area contributed by atoms with Crippen LogP contribution in [0, 0.1) is 13.8 Å². The van der Waals surface area contributed by atoms with E-state index in [1.54, 1.807) is 0 Å². The van der Waals surface area contributed by atoms with E-state index in [2.05, 4.69) is 20.9 Å². The minimum Gasteiger partial charge on any atom is -0.488 e. The number of ether oxygens (including phenoxy) is 1. The maximum absolute atomic E-state index is 12.6. The standard InChI is InChI=1S/C20H29N5O2/c1-4-17(27-18-8-6-5-7-14(18)2)13-22-20(26)19-15(3)25(24-23-19)16-9-11-21-12-10-16/h5-8,16-17,21H,4,9-13H2,1-3H3,(H,22,26). The first-order valence-corrected chi connectivity index (χ1v) is 9.73. The lowest BCUT2D eigenvalue weighted by Crippen LogP contribution is -2.35. The van der Waals surface area contributed by atoms with Gasteiger partial charge in [-0.2, -0.15) is 0 Å². The van der Waals surface area contributed by atoms with E-state index in [9.17, 15) is 4.79 Å². The third kappa shape index (κ3) is 4.66. The number of nitrogens with zero attached hydrogens (tertiary/aromatic N) is 3. The molecule has 1 aliphatic rings. The first kappa shape index (κ1) is 19.4. The molecule has 0 spiro atoms. The number of carbonyl (C=O) groups excluding carboxylic acids is 1. The van der Waals surface area contributed by atoms with Gasteiger partial charge in [0.2, 0.25) is 0 Å². The summed E-state index contributed by atoms with van der Waals surface area (Å²) in [6, 6.07) is 8.22. The Bertz CT molecular complexity index is 767. The van der Waals surface area contributed by atoms with Gasteiger partial charge in [0.25, 0.3) is 5.91 Å². The summed E-state index contributed by atoms with van der Waals surface area (Å²) in [6.07, 6.45) is 2.73. The van der Waals surface area contributed by atoms with E-state index in [-0.39, 0.29) is 12.0 Å². The van der Waals surface area contributed by atoms with E-state index < -0.39 is 0 Å². The number of piperidine rings is 1. The normalized spacial score (nSPS) is 16.1. The summed E-state index contributed by atoms with van der Waals surface area (Å²) in [7, 11) is 0. The molecule has 146 valence electrons. The first-order valence-electron chi connectivity index (χ1n) is 9.73. The Morgan fingerprint density at radius 1 is 1.33 bits per heavy atom. The van der Waals surface area contributed by atoms with Crippen molar-refractivity contribution in [3.05, 3.63) is 41.2 Å². The highest BCUT2D eigenvalue weighted by atomic mass is 16.5. The molecule has 2 aromatic rings. The van der Waals surface area contributed by atoms with Crippen molar-refractivity contribution in [2.24, 2.45) is 0 Å². The Morgan fingerprint density at radius 2 is 2.07 bits per heavy atom. The van der Waals surface area contributed by atoms with Gasteiger partial charge in [-0.15, -0.1) is 5.10 Å². The molecule has 0 aliphatic carbocycles. The molecule has 0 radical (unpaired) electrons. The molecular weight excluding hydrogens is 342 g/mol. The van der Waals surface area contributed by atoms with E-state index in [0.29, 0.717) is 18.3 Å². The molecule has 1 aliphatic heterocycles. The molecule has 1 fully saturated rings. The number of amides is 1. The topological polar surface area (TPSA) is 81.1 Å². The quantitative estimate of drug-likeness (QED) is 0.781. The molecule has 7 nitrogen and oxygen atoms in total. The van der Waals surface area contributed by atoms with Crippen LogP contribution >= 0.6 is 0 Å². The molecule has 1 aromatic carbocycles. The molecule has 2 N–H and O–H groups in total. The molecule has 1 atom stereocenters. The Kier molecular flexibility index (Phi) is 6.45. The number of aromatic nitrogens is 3. The summed E-state index contributed by atoms with van der Waals surface area (Å²) in [5, 5.41) is 14.7. The molecule has 3 rings (SSSR count). The van der Waals surface area contributed by atoms with Gasteiger partial charge >= 0.3 is 0 Å². The van der Waals surface area contributed by atoms with Crippen molar-refractivity contribution >= 4 is 5.91 Å². The number of nitrogens with one attached hydrogen (secondary N) is 2. The van der Waals surface area contributed by atoms with E-state index >= 15 is 0 Å². The second-order valence-corrected chi connectivity index (χ2v) is 7.07. The fourth-order valence-corrected chi connectivity index (χ4v) is 3.38. The molecule has 7 heteroatoms. The summed E-state index contributed by atoms with van der Waals surface area (Å²) in [4.78, 5) is 12.6. The van der Waals surface area contributed by atoms with E-state index in [4.69, 9.17) is 4.74 Å². The smallest absolute Gasteiger partial charge is 0.273 e. The van der Waals surface area contributed by atoms with Gasteiger partial charge in [0.15, 0.2) is 5.69 Å². The predicted octanol–water partition coefficient (Wildman–Crippen LogP) is 2.41. The van der Waals surface area contributed by atoms with Gasteiger partial charge in [-0.05, 0) is 57.8 Å². The second-order valence-electron chi connectivity index (χ2n) is 7.07. The van der Waals surface area contributed by atoms with Crippen molar-refractivity contribution in [1.82, 2.24) is 25.6 Å². The molecule has 1 aromatic heterocycles.